The summed E-state index contributed by atoms with van der Waals surface area (Å²) in [4.78, 5) is 14.1. The lowest BCUT2D eigenvalue weighted by atomic mass is 9.60. The SMILES string of the molecule is CN(C1CC2(CCN(C(=O)OCc3ccccc3)CC2)C1)S(=O)(=O)CC1CC1. The molecule has 1 aromatic carbocycles. The van der Waals surface area contributed by atoms with Crippen LogP contribution >= 0.6 is 0 Å². The first kappa shape index (κ1) is 19.7. The number of hydrogen-bond acceptors (Lipinski definition) is 4. The van der Waals surface area contributed by atoms with Crippen molar-refractivity contribution in [3.8, 4) is 0 Å². The number of hydrogen-bond donors (Lipinski definition) is 0. The van der Waals surface area contributed by atoms with Crippen molar-refractivity contribution in [1.82, 2.24) is 9.21 Å². The lowest BCUT2D eigenvalue weighted by Crippen LogP contribution is -2.56. The molecule has 1 aliphatic heterocycles. The predicted octanol–water partition coefficient (Wildman–Crippen LogP) is 3.24. The zero-order valence-electron chi connectivity index (χ0n) is 16.5. The van der Waals surface area contributed by atoms with Crippen LogP contribution in [0.1, 0.15) is 44.1 Å². The lowest BCUT2D eigenvalue weighted by Gasteiger charge is -2.54. The monoisotopic (exact) mass is 406 g/mol. The predicted molar refractivity (Wildman–Crippen MR) is 107 cm³/mol. The first-order valence-electron chi connectivity index (χ1n) is 10.3. The van der Waals surface area contributed by atoms with Gasteiger partial charge in [-0.05, 0) is 55.4 Å². The molecule has 3 aliphatic rings. The van der Waals surface area contributed by atoms with Crippen LogP contribution in [-0.2, 0) is 21.4 Å². The van der Waals surface area contributed by atoms with Gasteiger partial charge in [0.1, 0.15) is 6.61 Å². The normalized spacial score (nSPS) is 22.3. The summed E-state index contributed by atoms with van der Waals surface area (Å²) >= 11 is 0. The van der Waals surface area contributed by atoms with E-state index in [9.17, 15) is 13.2 Å². The average molecular weight is 407 g/mol. The number of amides is 1. The standard InChI is InChI=1S/C21H30N2O4S/c1-22(28(25,26)16-18-7-8-18)19-13-21(14-19)9-11-23(12-10-21)20(24)27-15-17-5-3-2-4-6-17/h2-6,18-19H,7-16H2,1H3. The van der Waals surface area contributed by atoms with Crippen LogP contribution in [0, 0.1) is 11.3 Å². The highest BCUT2D eigenvalue weighted by atomic mass is 32.2. The maximum Gasteiger partial charge on any atom is 0.410 e. The molecule has 3 fully saturated rings. The molecular weight excluding hydrogens is 376 g/mol. The molecule has 1 aromatic rings. The molecule has 28 heavy (non-hydrogen) atoms. The van der Waals surface area contributed by atoms with Gasteiger partial charge in [-0.2, -0.15) is 0 Å². The van der Waals surface area contributed by atoms with Gasteiger partial charge in [0.2, 0.25) is 10.0 Å². The van der Waals surface area contributed by atoms with Crippen LogP contribution in [0.5, 0.6) is 0 Å². The topological polar surface area (TPSA) is 66.9 Å². The Bertz CT molecular complexity index is 791. The van der Waals surface area contributed by atoms with Gasteiger partial charge in [-0.1, -0.05) is 30.3 Å². The highest BCUT2D eigenvalue weighted by Gasteiger charge is 2.50. The summed E-state index contributed by atoms with van der Waals surface area (Å²) in [6.45, 7) is 1.69. The van der Waals surface area contributed by atoms with Gasteiger partial charge in [-0.15, -0.1) is 0 Å². The number of nitrogens with zero attached hydrogens (tertiary/aromatic N) is 2. The molecule has 0 unspecified atom stereocenters. The van der Waals surface area contributed by atoms with Crippen LogP contribution in [0.2, 0.25) is 0 Å². The lowest BCUT2D eigenvalue weighted by molar-refractivity contribution is -0.0138. The third kappa shape index (κ3) is 4.35. The van der Waals surface area contributed by atoms with Crippen molar-refractivity contribution in [2.24, 2.45) is 11.3 Å². The Kier molecular flexibility index (Phi) is 5.40. The fraction of sp³-hybridized carbons (Fsp3) is 0.667. The molecule has 0 atom stereocenters. The van der Waals surface area contributed by atoms with Gasteiger partial charge in [0.25, 0.3) is 0 Å². The van der Waals surface area contributed by atoms with Crippen molar-refractivity contribution in [3.05, 3.63) is 35.9 Å². The largest absolute Gasteiger partial charge is 0.445 e. The highest BCUT2D eigenvalue weighted by molar-refractivity contribution is 7.89. The van der Waals surface area contributed by atoms with Crippen molar-refractivity contribution in [2.75, 3.05) is 25.9 Å². The molecule has 2 saturated carbocycles. The molecule has 0 aromatic heterocycles. The molecule has 1 heterocycles. The molecule has 7 heteroatoms. The van der Waals surface area contributed by atoms with Gasteiger partial charge in [-0.3, -0.25) is 0 Å². The third-order valence-electron chi connectivity index (χ3n) is 6.72. The summed E-state index contributed by atoms with van der Waals surface area (Å²) in [5.41, 5.74) is 1.19. The van der Waals surface area contributed by atoms with Gasteiger partial charge < -0.3 is 9.64 Å². The minimum absolute atomic E-state index is 0.125. The van der Waals surface area contributed by atoms with Crippen molar-refractivity contribution >= 4 is 16.1 Å². The van der Waals surface area contributed by atoms with Gasteiger partial charge in [0.05, 0.1) is 5.75 Å². The number of piperidine rings is 1. The molecule has 4 rings (SSSR count). The van der Waals surface area contributed by atoms with E-state index in [0.29, 0.717) is 31.4 Å². The minimum Gasteiger partial charge on any atom is -0.445 e. The molecule has 1 saturated heterocycles. The Labute approximate surface area is 167 Å². The summed E-state index contributed by atoms with van der Waals surface area (Å²) in [5, 5.41) is 0. The van der Waals surface area contributed by atoms with E-state index < -0.39 is 10.0 Å². The molecule has 6 nitrogen and oxygen atoms in total. The van der Waals surface area contributed by atoms with Gasteiger partial charge >= 0.3 is 6.09 Å². The smallest absolute Gasteiger partial charge is 0.410 e. The number of sulfonamides is 1. The van der Waals surface area contributed by atoms with E-state index in [1.807, 2.05) is 30.3 Å². The molecule has 0 bridgehead atoms. The van der Waals surface area contributed by atoms with Crippen LogP contribution in [0.3, 0.4) is 0 Å². The van der Waals surface area contributed by atoms with E-state index in [2.05, 4.69) is 0 Å². The maximum atomic E-state index is 12.5. The Balaban J connectivity index is 1.22. The molecule has 0 radical (unpaired) electrons. The van der Waals surface area contributed by atoms with Crippen LogP contribution in [0.15, 0.2) is 30.3 Å². The van der Waals surface area contributed by atoms with E-state index >= 15 is 0 Å². The van der Waals surface area contributed by atoms with E-state index in [4.69, 9.17) is 4.74 Å². The van der Waals surface area contributed by atoms with Crippen molar-refractivity contribution < 1.29 is 17.9 Å². The van der Waals surface area contributed by atoms with Crippen LogP contribution in [-0.4, -0.2) is 55.6 Å². The molecular formula is C21H30N2O4S. The maximum absolute atomic E-state index is 12.5. The van der Waals surface area contributed by atoms with Gasteiger partial charge in [0.15, 0.2) is 0 Å². The Morgan fingerprint density at radius 2 is 1.82 bits per heavy atom. The number of ether oxygens (including phenoxy) is 1. The van der Waals surface area contributed by atoms with Crippen molar-refractivity contribution in [2.45, 2.75) is 51.2 Å². The zero-order valence-corrected chi connectivity index (χ0v) is 17.4. The number of likely N-dealkylation sites (tertiary alicyclic amines) is 1. The fourth-order valence-corrected chi connectivity index (χ4v) is 6.27. The summed E-state index contributed by atoms with van der Waals surface area (Å²) < 4.78 is 32.0. The zero-order chi connectivity index (χ0) is 19.8. The van der Waals surface area contributed by atoms with Crippen LogP contribution in [0.25, 0.3) is 0 Å². The minimum atomic E-state index is -3.12. The first-order chi connectivity index (χ1) is 13.4. The second-order valence-corrected chi connectivity index (χ2v) is 10.9. The quantitative estimate of drug-likeness (QED) is 0.727. The molecule has 2 aliphatic carbocycles. The van der Waals surface area contributed by atoms with Gasteiger partial charge in [0, 0.05) is 26.2 Å². The molecule has 0 N–H and O–H groups in total. The summed E-state index contributed by atoms with van der Waals surface area (Å²) in [6.07, 6.45) is 5.55. The Morgan fingerprint density at radius 3 is 2.43 bits per heavy atom. The Morgan fingerprint density at radius 1 is 1.18 bits per heavy atom. The molecule has 1 amide bonds. The third-order valence-corrected chi connectivity index (χ3v) is 8.79. The van der Waals surface area contributed by atoms with Crippen molar-refractivity contribution in [1.29, 1.82) is 0 Å². The van der Waals surface area contributed by atoms with E-state index in [0.717, 1.165) is 44.1 Å². The fourth-order valence-electron chi connectivity index (χ4n) is 4.51. The second kappa shape index (κ2) is 7.67. The first-order valence-corrected chi connectivity index (χ1v) is 11.9. The van der Waals surface area contributed by atoms with Crippen LogP contribution < -0.4 is 0 Å². The van der Waals surface area contributed by atoms with E-state index in [1.54, 1.807) is 16.3 Å². The van der Waals surface area contributed by atoms with E-state index in [-0.39, 0.29) is 17.6 Å². The van der Waals surface area contributed by atoms with E-state index in [1.165, 1.54) is 0 Å². The summed E-state index contributed by atoms with van der Waals surface area (Å²) in [6, 6.07) is 9.82. The second-order valence-electron chi connectivity index (χ2n) is 8.83. The average Bonchev–Trinajstić information content (AvgIpc) is 3.48. The molecule has 154 valence electrons. The number of benzene rings is 1. The molecule has 1 spiro atoms. The number of carbonyl (C=O) groups is 1. The number of rotatable bonds is 6. The summed E-state index contributed by atoms with van der Waals surface area (Å²) in [5.74, 6) is 0.695. The highest BCUT2D eigenvalue weighted by Crippen LogP contribution is 2.51. The van der Waals surface area contributed by atoms with Crippen molar-refractivity contribution in [3.63, 3.8) is 0 Å². The van der Waals surface area contributed by atoms with Gasteiger partial charge in [-0.25, -0.2) is 17.5 Å². The number of carbonyl (C=O) groups excluding carboxylic acids is 1. The summed E-state index contributed by atoms with van der Waals surface area (Å²) in [7, 11) is -1.38. The van der Waals surface area contributed by atoms with Crippen LogP contribution in [0.4, 0.5) is 4.79 Å². The Hall–Kier alpha value is -1.60.